The molecule has 8 nitrogen and oxygen atoms in total. The van der Waals surface area contributed by atoms with Gasteiger partial charge in [-0.25, -0.2) is 4.79 Å². The zero-order valence-corrected chi connectivity index (χ0v) is 12.8. The van der Waals surface area contributed by atoms with Crippen LogP contribution in [-0.4, -0.2) is 31.3 Å². The van der Waals surface area contributed by atoms with Crippen molar-refractivity contribution in [3.05, 3.63) is 53.2 Å². The Kier molecular flexibility index (Phi) is 4.13. The highest BCUT2D eigenvalue weighted by atomic mass is 16.5. The number of benzene rings is 1. The fourth-order valence-electron chi connectivity index (χ4n) is 2.19. The van der Waals surface area contributed by atoms with Gasteiger partial charge in [-0.05, 0) is 35.9 Å². The first kappa shape index (κ1) is 14.9. The summed E-state index contributed by atoms with van der Waals surface area (Å²) < 4.78 is 11.9. The van der Waals surface area contributed by atoms with Crippen LogP contribution >= 0.6 is 0 Å². The normalized spacial score (nSPS) is 10.7. The molecule has 3 aromatic rings. The van der Waals surface area contributed by atoms with Gasteiger partial charge in [0.05, 0.1) is 11.4 Å². The number of rotatable bonds is 5. The quantitative estimate of drug-likeness (QED) is 0.663. The molecule has 0 spiro atoms. The molecule has 0 saturated heterocycles. The van der Waals surface area contributed by atoms with Crippen LogP contribution < -0.4 is 0 Å². The van der Waals surface area contributed by atoms with E-state index in [-0.39, 0.29) is 6.61 Å². The average Bonchev–Trinajstić information content (AvgIpc) is 3.19. The van der Waals surface area contributed by atoms with E-state index < -0.39 is 5.97 Å². The number of nitrogens with zero attached hydrogens (tertiary/aromatic N) is 5. The first-order valence-electron chi connectivity index (χ1n) is 7.15. The fraction of sp³-hybridized carbons (Fsp3) is 0.267. The number of carbonyl (C=O) groups excluding carboxylic acids is 1. The van der Waals surface area contributed by atoms with Gasteiger partial charge < -0.3 is 9.26 Å². The third-order valence-corrected chi connectivity index (χ3v) is 3.34. The van der Waals surface area contributed by atoms with Crippen molar-refractivity contribution in [3.63, 3.8) is 0 Å². The van der Waals surface area contributed by atoms with Gasteiger partial charge in [0.15, 0.2) is 12.4 Å². The summed E-state index contributed by atoms with van der Waals surface area (Å²) in [6.07, 6.45) is 0.587. The third kappa shape index (κ3) is 2.96. The van der Waals surface area contributed by atoms with E-state index in [2.05, 4.69) is 20.7 Å². The minimum atomic E-state index is -0.497. The number of tetrazole rings is 1. The molecule has 23 heavy (non-hydrogen) atoms. The van der Waals surface area contributed by atoms with E-state index >= 15 is 0 Å². The Balaban J connectivity index is 1.76. The minimum absolute atomic E-state index is 0.0471. The monoisotopic (exact) mass is 313 g/mol. The van der Waals surface area contributed by atoms with Gasteiger partial charge in [0.2, 0.25) is 0 Å². The molecule has 0 bridgehead atoms. The van der Waals surface area contributed by atoms with Crippen LogP contribution in [-0.2, 0) is 17.8 Å². The number of para-hydroxylation sites is 1. The molecule has 2 heterocycles. The summed E-state index contributed by atoms with van der Waals surface area (Å²) in [6, 6.07) is 9.37. The van der Waals surface area contributed by atoms with Crippen molar-refractivity contribution in [1.82, 2.24) is 25.4 Å². The molecule has 1 aromatic carbocycles. The molecular weight excluding hydrogens is 298 g/mol. The summed E-state index contributed by atoms with van der Waals surface area (Å²) in [5, 5.41) is 15.3. The second-order valence-electron chi connectivity index (χ2n) is 4.83. The molecule has 0 aliphatic carbocycles. The van der Waals surface area contributed by atoms with Crippen molar-refractivity contribution < 1.29 is 14.1 Å². The van der Waals surface area contributed by atoms with Gasteiger partial charge in [-0.1, -0.05) is 30.3 Å². The van der Waals surface area contributed by atoms with Gasteiger partial charge in [0, 0.05) is 0 Å². The van der Waals surface area contributed by atoms with E-state index in [1.165, 1.54) is 4.68 Å². The molecule has 8 heteroatoms. The summed E-state index contributed by atoms with van der Waals surface area (Å²) in [4.78, 5) is 12.2. The van der Waals surface area contributed by atoms with Crippen molar-refractivity contribution in [2.75, 3.05) is 0 Å². The van der Waals surface area contributed by atoms with Crippen LogP contribution in [0.5, 0.6) is 0 Å². The number of hydrogen-bond acceptors (Lipinski definition) is 7. The summed E-state index contributed by atoms with van der Waals surface area (Å²) >= 11 is 0. The van der Waals surface area contributed by atoms with Gasteiger partial charge in [-0.2, -0.15) is 4.68 Å². The van der Waals surface area contributed by atoms with E-state index in [0.717, 1.165) is 5.69 Å². The fourth-order valence-corrected chi connectivity index (χ4v) is 2.19. The van der Waals surface area contributed by atoms with Crippen LogP contribution in [0.25, 0.3) is 5.69 Å². The van der Waals surface area contributed by atoms with Crippen LogP contribution in [0.3, 0.4) is 0 Å². The topological polar surface area (TPSA) is 95.9 Å². The van der Waals surface area contributed by atoms with Crippen LogP contribution in [0, 0.1) is 6.92 Å². The first-order chi connectivity index (χ1) is 11.2. The molecule has 118 valence electrons. The lowest BCUT2D eigenvalue weighted by Crippen LogP contribution is -2.11. The number of ether oxygens (including phenoxy) is 1. The Labute approximate surface area is 132 Å². The second-order valence-corrected chi connectivity index (χ2v) is 4.83. The summed E-state index contributed by atoms with van der Waals surface area (Å²) in [7, 11) is 0. The van der Waals surface area contributed by atoms with E-state index in [1.54, 1.807) is 6.92 Å². The molecule has 0 unspecified atom stereocenters. The molecule has 0 radical (unpaired) electrons. The predicted molar refractivity (Wildman–Crippen MR) is 78.9 cm³/mol. The lowest BCUT2D eigenvalue weighted by molar-refractivity contribution is 0.0456. The van der Waals surface area contributed by atoms with E-state index in [4.69, 9.17) is 9.26 Å². The van der Waals surface area contributed by atoms with Gasteiger partial charge in [0.1, 0.15) is 11.3 Å². The molecule has 0 atom stereocenters. The van der Waals surface area contributed by atoms with Crippen LogP contribution in [0.15, 0.2) is 34.9 Å². The van der Waals surface area contributed by atoms with Gasteiger partial charge in [-0.3, -0.25) is 0 Å². The van der Waals surface area contributed by atoms with E-state index in [9.17, 15) is 4.79 Å². The standard InChI is InChI=1S/C15H15N5O3/c1-3-12-14(10(2)23-17-12)15(21)22-9-13-16-18-19-20(13)11-7-5-4-6-8-11/h4-8H,3,9H2,1-2H3. The maximum atomic E-state index is 12.2. The van der Waals surface area contributed by atoms with Crippen molar-refractivity contribution in [2.24, 2.45) is 0 Å². The van der Waals surface area contributed by atoms with Crippen LogP contribution in [0.4, 0.5) is 0 Å². The number of esters is 1. The molecule has 0 aliphatic heterocycles. The number of hydrogen-bond donors (Lipinski definition) is 0. The summed E-state index contributed by atoms with van der Waals surface area (Å²) in [5.41, 5.74) is 1.74. The average molecular weight is 313 g/mol. The maximum absolute atomic E-state index is 12.2. The summed E-state index contributed by atoms with van der Waals surface area (Å²) in [5.74, 6) is 0.370. The highest BCUT2D eigenvalue weighted by molar-refractivity contribution is 5.91. The lowest BCUT2D eigenvalue weighted by Gasteiger charge is -2.06. The van der Waals surface area contributed by atoms with E-state index in [1.807, 2.05) is 37.3 Å². The van der Waals surface area contributed by atoms with Crippen molar-refractivity contribution in [1.29, 1.82) is 0 Å². The minimum Gasteiger partial charge on any atom is -0.454 e. The largest absolute Gasteiger partial charge is 0.454 e. The number of carbonyl (C=O) groups is 1. The highest BCUT2D eigenvalue weighted by Crippen LogP contribution is 2.16. The zero-order valence-electron chi connectivity index (χ0n) is 12.8. The smallest absolute Gasteiger partial charge is 0.344 e. The Bertz CT molecular complexity index is 810. The highest BCUT2D eigenvalue weighted by Gasteiger charge is 2.21. The Morgan fingerprint density at radius 1 is 1.30 bits per heavy atom. The molecule has 0 fully saturated rings. The van der Waals surface area contributed by atoms with Crippen LogP contribution in [0.2, 0.25) is 0 Å². The Hall–Kier alpha value is -3.03. The zero-order chi connectivity index (χ0) is 16.2. The first-order valence-corrected chi connectivity index (χ1v) is 7.15. The molecule has 3 rings (SSSR count). The predicted octanol–water partition coefficient (Wildman–Crippen LogP) is 1.88. The molecule has 0 aliphatic rings. The van der Waals surface area contributed by atoms with Gasteiger partial charge in [-0.15, -0.1) is 5.10 Å². The van der Waals surface area contributed by atoms with Crippen molar-refractivity contribution >= 4 is 5.97 Å². The number of aryl methyl sites for hydroxylation is 2. The van der Waals surface area contributed by atoms with E-state index in [0.29, 0.717) is 29.3 Å². The molecule has 0 N–H and O–H groups in total. The summed E-state index contributed by atoms with van der Waals surface area (Å²) in [6.45, 7) is 3.52. The van der Waals surface area contributed by atoms with Crippen LogP contribution in [0.1, 0.15) is 34.6 Å². The van der Waals surface area contributed by atoms with Crippen molar-refractivity contribution in [3.8, 4) is 5.69 Å². The Morgan fingerprint density at radius 2 is 2.09 bits per heavy atom. The Morgan fingerprint density at radius 3 is 2.83 bits per heavy atom. The molecule has 0 amide bonds. The van der Waals surface area contributed by atoms with Gasteiger partial charge >= 0.3 is 5.97 Å². The maximum Gasteiger partial charge on any atom is 0.344 e. The number of aromatic nitrogens is 5. The molecule has 0 saturated carbocycles. The van der Waals surface area contributed by atoms with Crippen molar-refractivity contribution in [2.45, 2.75) is 26.9 Å². The SMILES string of the molecule is CCc1noc(C)c1C(=O)OCc1nnnn1-c1ccccc1. The van der Waals surface area contributed by atoms with Gasteiger partial charge in [0.25, 0.3) is 0 Å². The lowest BCUT2D eigenvalue weighted by atomic mass is 10.1. The molecular formula is C15H15N5O3. The third-order valence-electron chi connectivity index (χ3n) is 3.34. The second kappa shape index (κ2) is 6.39. The molecule has 2 aromatic heterocycles.